The first-order valence-electron chi connectivity index (χ1n) is 6.86. The molecular weight excluding hydrogens is 316 g/mol. The summed E-state index contributed by atoms with van der Waals surface area (Å²) in [5, 5.41) is 13.1. The van der Waals surface area contributed by atoms with Crippen LogP contribution in [0.5, 0.6) is 5.88 Å². The molecule has 0 spiro atoms. The number of nitrogens with zero attached hydrogens (tertiary/aromatic N) is 1. The van der Waals surface area contributed by atoms with Gasteiger partial charge in [-0.3, -0.25) is 0 Å². The lowest BCUT2D eigenvalue weighted by Gasteiger charge is -2.09. The lowest BCUT2D eigenvalue weighted by molar-refractivity contribution is 0.450. The number of benzene rings is 2. The van der Waals surface area contributed by atoms with Crippen molar-refractivity contribution in [3.05, 3.63) is 64.7 Å². The van der Waals surface area contributed by atoms with Crippen LogP contribution in [0.4, 0.5) is 0 Å². The van der Waals surface area contributed by atoms with Crippen molar-refractivity contribution in [3.8, 4) is 5.88 Å². The Morgan fingerprint density at radius 3 is 2.64 bits per heavy atom. The third kappa shape index (κ3) is 3.19. The second kappa shape index (κ2) is 6.57. The van der Waals surface area contributed by atoms with E-state index in [4.69, 9.17) is 17.3 Å². The molecule has 112 valence electrons. The Bertz CT molecular complexity index is 823. The Morgan fingerprint density at radius 2 is 1.86 bits per heavy atom. The van der Waals surface area contributed by atoms with Gasteiger partial charge in [-0.1, -0.05) is 41.9 Å². The first-order chi connectivity index (χ1) is 10.7. The van der Waals surface area contributed by atoms with E-state index in [9.17, 15) is 5.11 Å². The summed E-state index contributed by atoms with van der Waals surface area (Å²) >= 11 is 7.65. The SMILES string of the molecule is NCc1ccccc1CSc1nc(O)cc2ccc(Cl)cc12. The Hall–Kier alpha value is -1.75. The minimum absolute atomic E-state index is 0.0180. The maximum Gasteiger partial charge on any atom is 0.212 e. The Morgan fingerprint density at radius 1 is 1.09 bits per heavy atom. The van der Waals surface area contributed by atoms with Crippen LogP contribution in [0.3, 0.4) is 0 Å². The van der Waals surface area contributed by atoms with Crippen molar-refractivity contribution in [1.82, 2.24) is 4.98 Å². The van der Waals surface area contributed by atoms with Crippen LogP contribution in [0, 0.1) is 0 Å². The van der Waals surface area contributed by atoms with Crippen molar-refractivity contribution in [2.75, 3.05) is 0 Å². The summed E-state index contributed by atoms with van der Waals surface area (Å²) in [5.41, 5.74) is 8.07. The van der Waals surface area contributed by atoms with Crippen LogP contribution in [0.2, 0.25) is 5.02 Å². The number of hydrogen-bond donors (Lipinski definition) is 2. The van der Waals surface area contributed by atoms with Crippen molar-refractivity contribution in [1.29, 1.82) is 0 Å². The Balaban J connectivity index is 1.95. The van der Waals surface area contributed by atoms with E-state index >= 15 is 0 Å². The molecule has 3 nitrogen and oxygen atoms in total. The zero-order chi connectivity index (χ0) is 15.5. The minimum Gasteiger partial charge on any atom is -0.493 e. The maximum atomic E-state index is 9.80. The van der Waals surface area contributed by atoms with Gasteiger partial charge in [0.1, 0.15) is 5.03 Å². The first kappa shape index (κ1) is 15.2. The van der Waals surface area contributed by atoms with Crippen LogP contribution in [0.1, 0.15) is 11.1 Å². The lowest BCUT2D eigenvalue weighted by Crippen LogP contribution is -2.00. The van der Waals surface area contributed by atoms with E-state index in [1.165, 1.54) is 5.56 Å². The summed E-state index contributed by atoms with van der Waals surface area (Å²) in [4.78, 5) is 4.24. The van der Waals surface area contributed by atoms with E-state index in [-0.39, 0.29) is 5.88 Å². The van der Waals surface area contributed by atoms with Crippen LogP contribution >= 0.6 is 23.4 Å². The molecule has 3 N–H and O–H groups in total. The third-order valence-electron chi connectivity index (χ3n) is 3.45. The highest BCUT2D eigenvalue weighted by molar-refractivity contribution is 7.98. The van der Waals surface area contributed by atoms with Gasteiger partial charge in [-0.15, -0.1) is 11.8 Å². The van der Waals surface area contributed by atoms with Crippen molar-refractivity contribution in [3.63, 3.8) is 0 Å². The topological polar surface area (TPSA) is 59.1 Å². The second-order valence-corrected chi connectivity index (χ2v) is 6.31. The fourth-order valence-electron chi connectivity index (χ4n) is 2.33. The number of nitrogens with two attached hydrogens (primary N) is 1. The molecule has 5 heteroatoms. The van der Waals surface area contributed by atoms with E-state index in [0.29, 0.717) is 11.6 Å². The van der Waals surface area contributed by atoms with Gasteiger partial charge in [0.05, 0.1) is 0 Å². The molecule has 0 radical (unpaired) electrons. The van der Waals surface area contributed by atoms with Gasteiger partial charge in [-0.25, -0.2) is 4.98 Å². The summed E-state index contributed by atoms with van der Waals surface area (Å²) in [6, 6.07) is 15.3. The molecule has 3 aromatic rings. The number of thioether (sulfide) groups is 1. The molecule has 0 atom stereocenters. The smallest absolute Gasteiger partial charge is 0.212 e. The van der Waals surface area contributed by atoms with E-state index in [0.717, 1.165) is 27.1 Å². The van der Waals surface area contributed by atoms with Crippen LogP contribution < -0.4 is 5.73 Å². The van der Waals surface area contributed by atoms with Crippen LogP contribution in [-0.2, 0) is 12.3 Å². The van der Waals surface area contributed by atoms with Gasteiger partial charge in [0.15, 0.2) is 0 Å². The average Bonchev–Trinajstić information content (AvgIpc) is 2.53. The lowest BCUT2D eigenvalue weighted by atomic mass is 10.1. The van der Waals surface area contributed by atoms with E-state index < -0.39 is 0 Å². The van der Waals surface area contributed by atoms with Crippen LogP contribution in [-0.4, -0.2) is 10.1 Å². The fourth-order valence-corrected chi connectivity index (χ4v) is 3.57. The van der Waals surface area contributed by atoms with Crippen molar-refractivity contribution < 1.29 is 5.11 Å². The van der Waals surface area contributed by atoms with Gasteiger partial charge in [-0.05, 0) is 28.6 Å². The number of aromatic hydroxyl groups is 1. The molecule has 0 aliphatic rings. The quantitative estimate of drug-likeness (QED) is 0.698. The zero-order valence-corrected chi connectivity index (χ0v) is 13.4. The number of fused-ring (bicyclic) bond motifs is 1. The molecule has 0 aliphatic carbocycles. The van der Waals surface area contributed by atoms with Crippen molar-refractivity contribution in [2.24, 2.45) is 5.73 Å². The van der Waals surface area contributed by atoms with Crippen LogP contribution in [0.15, 0.2) is 53.6 Å². The maximum absolute atomic E-state index is 9.80. The predicted molar refractivity (Wildman–Crippen MR) is 92.3 cm³/mol. The summed E-state index contributed by atoms with van der Waals surface area (Å²) in [7, 11) is 0. The Labute approximate surface area is 138 Å². The van der Waals surface area contributed by atoms with Crippen LogP contribution in [0.25, 0.3) is 10.8 Å². The molecule has 3 rings (SSSR count). The standard InChI is InChI=1S/C17H15ClN2OS/c18-14-6-5-11-7-16(21)20-17(15(11)8-14)22-10-13-4-2-1-3-12(13)9-19/h1-8H,9-10,19H2,(H,20,21). The van der Waals surface area contributed by atoms with Gasteiger partial charge < -0.3 is 10.8 Å². The molecule has 0 aliphatic heterocycles. The molecular formula is C17H15ClN2OS. The zero-order valence-electron chi connectivity index (χ0n) is 11.8. The molecule has 22 heavy (non-hydrogen) atoms. The number of aromatic nitrogens is 1. The summed E-state index contributed by atoms with van der Waals surface area (Å²) < 4.78 is 0. The van der Waals surface area contributed by atoms with Gasteiger partial charge in [-0.2, -0.15) is 0 Å². The highest BCUT2D eigenvalue weighted by Gasteiger charge is 2.09. The molecule has 0 unspecified atom stereocenters. The van der Waals surface area contributed by atoms with Crippen molar-refractivity contribution in [2.45, 2.75) is 17.3 Å². The van der Waals surface area contributed by atoms with Gasteiger partial charge in [0, 0.05) is 28.8 Å². The van der Waals surface area contributed by atoms with Crippen molar-refractivity contribution >= 4 is 34.1 Å². The Kier molecular flexibility index (Phi) is 4.52. The molecule has 0 fully saturated rings. The van der Waals surface area contributed by atoms with E-state index in [2.05, 4.69) is 11.1 Å². The summed E-state index contributed by atoms with van der Waals surface area (Å²) in [6.45, 7) is 0.511. The monoisotopic (exact) mass is 330 g/mol. The van der Waals surface area contributed by atoms with E-state index in [1.807, 2.05) is 36.4 Å². The highest BCUT2D eigenvalue weighted by Crippen LogP contribution is 2.33. The van der Waals surface area contributed by atoms with Gasteiger partial charge in [0.2, 0.25) is 5.88 Å². The normalized spacial score (nSPS) is 11.0. The molecule has 1 aromatic heterocycles. The number of rotatable bonds is 4. The summed E-state index contributed by atoms with van der Waals surface area (Å²) in [5.74, 6) is 0.760. The molecule has 0 bridgehead atoms. The minimum atomic E-state index is 0.0180. The molecule has 2 aromatic carbocycles. The third-order valence-corrected chi connectivity index (χ3v) is 4.72. The predicted octanol–water partition coefficient (Wildman–Crippen LogP) is 4.34. The highest BCUT2D eigenvalue weighted by atomic mass is 35.5. The molecule has 0 saturated carbocycles. The molecule has 0 amide bonds. The second-order valence-electron chi connectivity index (χ2n) is 4.91. The molecule has 1 heterocycles. The number of hydrogen-bond acceptors (Lipinski definition) is 4. The molecule has 0 saturated heterocycles. The van der Waals surface area contributed by atoms with E-state index in [1.54, 1.807) is 17.8 Å². The van der Waals surface area contributed by atoms with Gasteiger partial charge >= 0.3 is 0 Å². The summed E-state index contributed by atoms with van der Waals surface area (Å²) in [6.07, 6.45) is 0. The first-order valence-corrected chi connectivity index (χ1v) is 8.22. The fraction of sp³-hybridized carbons (Fsp3) is 0.118. The number of halogens is 1. The largest absolute Gasteiger partial charge is 0.493 e. The van der Waals surface area contributed by atoms with Gasteiger partial charge in [0.25, 0.3) is 0 Å². The average molecular weight is 331 g/mol. The number of pyridine rings is 1.